The number of ether oxygens (including phenoxy) is 1. The Balaban J connectivity index is 2.48. The Morgan fingerprint density at radius 2 is 1.71 bits per heavy atom. The number of allylic oxidation sites excluding steroid dienone is 1. The SMILES string of the molecule is CCCCCCC=CCC(CCOCc1ccccc1)O[Si](C)(C)C(C)(C)C. The van der Waals surface area contributed by atoms with Crippen molar-refractivity contribution in [2.45, 2.75) is 103 Å². The molecule has 0 bridgehead atoms. The van der Waals surface area contributed by atoms with Crippen LogP contribution in [0.2, 0.25) is 18.1 Å². The highest BCUT2D eigenvalue weighted by atomic mass is 28.4. The predicted octanol–water partition coefficient (Wildman–Crippen LogP) is 7.90. The fourth-order valence-corrected chi connectivity index (χ4v) is 4.25. The Hall–Kier alpha value is -0.903. The summed E-state index contributed by atoms with van der Waals surface area (Å²) in [5.41, 5.74) is 1.23. The molecule has 28 heavy (non-hydrogen) atoms. The molecule has 0 amide bonds. The first kappa shape index (κ1) is 25.1. The van der Waals surface area contributed by atoms with Crippen molar-refractivity contribution in [1.82, 2.24) is 0 Å². The maximum Gasteiger partial charge on any atom is 0.192 e. The van der Waals surface area contributed by atoms with Gasteiger partial charge in [0.25, 0.3) is 0 Å². The van der Waals surface area contributed by atoms with Gasteiger partial charge in [0.15, 0.2) is 8.32 Å². The second kappa shape index (κ2) is 13.3. The molecule has 0 aliphatic heterocycles. The van der Waals surface area contributed by atoms with Crippen LogP contribution in [0.1, 0.15) is 78.2 Å². The molecule has 0 aliphatic carbocycles. The molecule has 1 atom stereocenters. The van der Waals surface area contributed by atoms with Gasteiger partial charge in [0.1, 0.15) is 0 Å². The molecule has 2 nitrogen and oxygen atoms in total. The minimum absolute atomic E-state index is 0.236. The predicted molar refractivity (Wildman–Crippen MR) is 125 cm³/mol. The van der Waals surface area contributed by atoms with Gasteiger partial charge in [-0.05, 0) is 49.4 Å². The molecule has 0 spiro atoms. The molecule has 0 aliphatic rings. The quantitative estimate of drug-likeness (QED) is 0.178. The Morgan fingerprint density at radius 1 is 1.00 bits per heavy atom. The lowest BCUT2D eigenvalue weighted by Crippen LogP contribution is -2.44. The van der Waals surface area contributed by atoms with Gasteiger partial charge in [-0.25, -0.2) is 0 Å². The van der Waals surface area contributed by atoms with Crippen molar-refractivity contribution in [2.75, 3.05) is 6.61 Å². The molecule has 1 unspecified atom stereocenters. The summed E-state index contributed by atoms with van der Waals surface area (Å²) in [6.45, 7) is 15.3. The van der Waals surface area contributed by atoms with E-state index in [0.29, 0.717) is 6.61 Å². The molecule has 0 heterocycles. The van der Waals surface area contributed by atoms with E-state index in [1.165, 1.54) is 37.7 Å². The van der Waals surface area contributed by atoms with Gasteiger partial charge in [-0.3, -0.25) is 0 Å². The van der Waals surface area contributed by atoms with Crippen molar-refractivity contribution in [3.05, 3.63) is 48.0 Å². The molecule has 0 saturated carbocycles. The van der Waals surface area contributed by atoms with Crippen molar-refractivity contribution in [1.29, 1.82) is 0 Å². The van der Waals surface area contributed by atoms with Gasteiger partial charge >= 0.3 is 0 Å². The van der Waals surface area contributed by atoms with Crippen molar-refractivity contribution in [2.24, 2.45) is 0 Å². The van der Waals surface area contributed by atoms with Gasteiger partial charge in [0.05, 0.1) is 12.7 Å². The summed E-state index contributed by atoms with van der Waals surface area (Å²) in [5, 5.41) is 0.236. The van der Waals surface area contributed by atoms with Crippen LogP contribution in [0.3, 0.4) is 0 Å². The second-order valence-electron chi connectivity index (χ2n) is 9.38. The maximum absolute atomic E-state index is 6.71. The van der Waals surface area contributed by atoms with E-state index < -0.39 is 8.32 Å². The summed E-state index contributed by atoms with van der Waals surface area (Å²) >= 11 is 0. The fourth-order valence-electron chi connectivity index (χ4n) is 2.85. The zero-order valence-corrected chi connectivity index (χ0v) is 20.3. The monoisotopic (exact) mass is 404 g/mol. The van der Waals surface area contributed by atoms with E-state index in [4.69, 9.17) is 9.16 Å². The van der Waals surface area contributed by atoms with Crippen LogP contribution >= 0.6 is 0 Å². The summed E-state index contributed by atoms with van der Waals surface area (Å²) in [5.74, 6) is 0. The molecular weight excluding hydrogens is 360 g/mol. The van der Waals surface area contributed by atoms with E-state index in [-0.39, 0.29) is 11.1 Å². The van der Waals surface area contributed by atoms with Crippen molar-refractivity contribution in [3.63, 3.8) is 0 Å². The minimum Gasteiger partial charge on any atom is -0.414 e. The van der Waals surface area contributed by atoms with Crippen LogP contribution in [0.25, 0.3) is 0 Å². The maximum atomic E-state index is 6.71. The normalized spacial score (nSPS) is 13.9. The highest BCUT2D eigenvalue weighted by Gasteiger charge is 2.38. The number of benzene rings is 1. The molecule has 160 valence electrons. The van der Waals surface area contributed by atoms with E-state index >= 15 is 0 Å². The van der Waals surface area contributed by atoms with E-state index in [2.05, 4.69) is 77.2 Å². The largest absolute Gasteiger partial charge is 0.414 e. The third kappa shape index (κ3) is 10.6. The lowest BCUT2D eigenvalue weighted by molar-refractivity contribution is 0.0783. The Morgan fingerprint density at radius 3 is 2.36 bits per heavy atom. The second-order valence-corrected chi connectivity index (χ2v) is 14.1. The van der Waals surface area contributed by atoms with Crippen molar-refractivity contribution in [3.8, 4) is 0 Å². The Labute approximate surface area is 175 Å². The van der Waals surface area contributed by atoms with Gasteiger partial charge < -0.3 is 9.16 Å². The van der Waals surface area contributed by atoms with Crippen LogP contribution in [-0.4, -0.2) is 21.0 Å². The lowest BCUT2D eigenvalue weighted by atomic mass is 10.1. The van der Waals surface area contributed by atoms with Gasteiger partial charge in [-0.2, -0.15) is 0 Å². The highest BCUT2D eigenvalue weighted by Crippen LogP contribution is 2.38. The zero-order chi connectivity index (χ0) is 20.9. The third-order valence-corrected chi connectivity index (χ3v) is 10.3. The number of hydrogen-bond acceptors (Lipinski definition) is 2. The van der Waals surface area contributed by atoms with Crippen molar-refractivity contribution < 1.29 is 9.16 Å². The third-order valence-electron chi connectivity index (χ3n) is 5.75. The van der Waals surface area contributed by atoms with Crippen LogP contribution < -0.4 is 0 Å². The number of hydrogen-bond donors (Lipinski definition) is 0. The first-order chi connectivity index (χ1) is 13.3. The molecule has 0 saturated heterocycles. The van der Waals surface area contributed by atoms with Crippen LogP contribution in [0, 0.1) is 0 Å². The molecular formula is C25H44O2Si. The van der Waals surface area contributed by atoms with Crippen LogP contribution in [-0.2, 0) is 15.8 Å². The average molecular weight is 405 g/mol. The molecule has 1 aromatic carbocycles. The van der Waals surface area contributed by atoms with E-state index in [9.17, 15) is 0 Å². The number of unbranched alkanes of at least 4 members (excludes halogenated alkanes) is 4. The Kier molecular flexibility index (Phi) is 12.0. The van der Waals surface area contributed by atoms with Crippen molar-refractivity contribution >= 4 is 8.32 Å². The Bertz CT molecular complexity index is 531. The lowest BCUT2D eigenvalue weighted by Gasteiger charge is -2.39. The first-order valence-corrected chi connectivity index (χ1v) is 14.1. The first-order valence-electron chi connectivity index (χ1n) is 11.2. The topological polar surface area (TPSA) is 18.5 Å². The van der Waals surface area contributed by atoms with Gasteiger partial charge in [-0.15, -0.1) is 0 Å². The molecule has 3 heteroatoms. The molecule has 0 radical (unpaired) electrons. The van der Waals surface area contributed by atoms with Crippen LogP contribution in [0.4, 0.5) is 0 Å². The summed E-state index contributed by atoms with van der Waals surface area (Å²) in [6, 6.07) is 10.4. The van der Waals surface area contributed by atoms with E-state index in [0.717, 1.165) is 19.4 Å². The molecule has 1 aromatic rings. The summed E-state index contributed by atoms with van der Waals surface area (Å²) in [4.78, 5) is 0. The van der Waals surface area contributed by atoms with Gasteiger partial charge in [0.2, 0.25) is 0 Å². The summed E-state index contributed by atoms with van der Waals surface area (Å²) in [7, 11) is -1.77. The number of rotatable bonds is 14. The highest BCUT2D eigenvalue weighted by molar-refractivity contribution is 6.74. The zero-order valence-electron chi connectivity index (χ0n) is 19.3. The fraction of sp³-hybridized carbons (Fsp3) is 0.680. The van der Waals surface area contributed by atoms with E-state index in [1.54, 1.807) is 0 Å². The molecule has 0 aromatic heterocycles. The average Bonchev–Trinajstić information content (AvgIpc) is 2.64. The summed E-state index contributed by atoms with van der Waals surface area (Å²) in [6.07, 6.45) is 13.4. The summed E-state index contributed by atoms with van der Waals surface area (Å²) < 4.78 is 12.6. The van der Waals surface area contributed by atoms with E-state index in [1.807, 2.05) is 6.07 Å². The molecule has 1 rings (SSSR count). The smallest absolute Gasteiger partial charge is 0.192 e. The molecule has 0 fully saturated rings. The van der Waals surface area contributed by atoms with Gasteiger partial charge in [-0.1, -0.05) is 89.4 Å². The minimum atomic E-state index is -1.77. The van der Waals surface area contributed by atoms with Crippen LogP contribution in [0.15, 0.2) is 42.5 Å². The van der Waals surface area contributed by atoms with Crippen LogP contribution in [0.5, 0.6) is 0 Å². The standard InChI is InChI=1S/C25H44O2Si/c1-7-8-9-10-11-12-16-19-24(27-28(5,6)25(2,3)4)20-21-26-22-23-17-14-13-15-18-23/h12-18,24H,7-11,19-22H2,1-6H3. The van der Waals surface area contributed by atoms with Gasteiger partial charge in [0, 0.05) is 6.61 Å². The molecule has 0 N–H and O–H groups in total.